The third-order valence-corrected chi connectivity index (χ3v) is 11.9. The van der Waals surface area contributed by atoms with E-state index < -0.39 is 53.1 Å². The Morgan fingerprint density at radius 3 is 1.33 bits per heavy atom. The number of phenolic OH excluding ortho intramolecular Hbond substituents is 2. The summed E-state index contributed by atoms with van der Waals surface area (Å²) in [6.45, 7) is 0. The summed E-state index contributed by atoms with van der Waals surface area (Å²) in [6, 6.07) is 5.97. The third kappa shape index (κ3) is 9.06. The van der Waals surface area contributed by atoms with E-state index in [1.54, 1.807) is 0 Å². The van der Waals surface area contributed by atoms with Crippen molar-refractivity contribution in [3.8, 4) is 11.5 Å². The summed E-state index contributed by atoms with van der Waals surface area (Å²) in [5.41, 5.74) is -2.31. The van der Waals surface area contributed by atoms with Crippen LogP contribution in [-0.4, -0.2) is 153 Å². The van der Waals surface area contributed by atoms with Crippen molar-refractivity contribution in [2.45, 2.75) is 15.4 Å². The van der Waals surface area contributed by atoms with Gasteiger partial charge in [0, 0.05) is 34.6 Å². The van der Waals surface area contributed by atoms with Gasteiger partial charge in [0.05, 0.1) is 5.56 Å². The predicted octanol–water partition coefficient (Wildman–Crippen LogP) is -0.141. The van der Waals surface area contributed by atoms with Crippen LogP contribution < -0.4 is 0 Å². The van der Waals surface area contributed by atoms with Gasteiger partial charge >= 0.3 is 94.6 Å². The molecular weight excluding hydrogens is 917 g/mol. The van der Waals surface area contributed by atoms with Gasteiger partial charge in [-0.05, 0) is 88.0 Å². The SMILES string of the molecule is O.O.O.O.O=C1OC(c2ccc(O)c(S(=O)(=O)O)c2)(c2ccc(O)c(S(=O)(=O)O)c2)c2c(Br)c(Br)c(Br)c(Br)c21.[NaH].[NaH].[NaH]. The molecule has 0 saturated carbocycles. The second kappa shape index (κ2) is 18.2. The zero-order valence-electron chi connectivity index (χ0n) is 19.0. The Bertz CT molecular complexity index is 1640. The summed E-state index contributed by atoms with van der Waals surface area (Å²) in [5, 5.41) is 20.1. The maximum atomic E-state index is 13.2. The van der Waals surface area contributed by atoms with Crippen molar-refractivity contribution >= 4 is 179 Å². The molecule has 1 aliphatic rings. The van der Waals surface area contributed by atoms with Crippen molar-refractivity contribution < 1.29 is 67.6 Å². The second-order valence-electron chi connectivity index (χ2n) is 7.39. The molecule has 0 fully saturated rings. The van der Waals surface area contributed by atoms with Gasteiger partial charge in [0.25, 0.3) is 20.2 Å². The molecule has 0 radical (unpaired) electrons. The first-order valence-electron chi connectivity index (χ1n) is 9.23. The Labute approximate surface area is 344 Å². The number of halogens is 4. The van der Waals surface area contributed by atoms with E-state index in [0.29, 0.717) is 8.95 Å². The minimum atomic E-state index is -4.96. The van der Waals surface area contributed by atoms with Crippen molar-refractivity contribution in [1.29, 1.82) is 0 Å². The Balaban J connectivity index is -0.00000109. The van der Waals surface area contributed by atoms with Gasteiger partial charge in [-0.25, -0.2) is 4.79 Å². The molecule has 0 bridgehead atoms. The molecule has 1 aliphatic heterocycles. The summed E-state index contributed by atoms with van der Waals surface area (Å²) in [5.74, 6) is -2.52. The Morgan fingerprint density at radius 2 is 0.977 bits per heavy atom. The molecule has 12 N–H and O–H groups in total. The van der Waals surface area contributed by atoms with Crippen LogP contribution in [0.1, 0.15) is 27.0 Å². The molecule has 0 amide bonds. The molecule has 3 aromatic carbocycles. The van der Waals surface area contributed by atoms with Gasteiger partial charge in [0.2, 0.25) is 0 Å². The summed E-state index contributed by atoms with van der Waals surface area (Å²) in [7, 11) is -9.92. The number of fused-ring (bicyclic) bond motifs is 1. The number of hydrogen-bond donors (Lipinski definition) is 4. The number of benzene rings is 3. The second-order valence-corrected chi connectivity index (χ2v) is 13.3. The van der Waals surface area contributed by atoms with E-state index >= 15 is 0 Å². The van der Waals surface area contributed by atoms with Crippen LogP contribution in [0, 0.1) is 0 Å². The van der Waals surface area contributed by atoms with E-state index in [2.05, 4.69) is 63.7 Å². The number of hydrogen-bond acceptors (Lipinski definition) is 8. The number of ether oxygens (including phenoxy) is 1. The van der Waals surface area contributed by atoms with Gasteiger partial charge in [0.1, 0.15) is 21.3 Å². The molecule has 0 saturated heterocycles. The third-order valence-electron chi connectivity index (χ3n) is 5.36. The van der Waals surface area contributed by atoms with Crippen molar-refractivity contribution in [3.05, 3.63) is 76.5 Å². The standard InChI is InChI=1S/C20H10Br4O10S2.3Na.4H2O.3H/c21-15-13-14(16(22)18(24)17(15)23)20(34-19(13)27,7-1-3-9(25)11(5-7)35(28,29)30)8-2-4-10(26)12(6-8)36(31,32)33;;;;;;;;;;/h1-6,25-26H,(H,28,29,30)(H,31,32,33);;;;4*1H2;;;. The van der Waals surface area contributed by atoms with Crippen molar-refractivity contribution in [2.24, 2.45) is 0 Å². The van der Waals surface area contributed by atoms with E-state index in [0.717, 1.165) is 24.3 Å². The molecule has 14 nitrogen and oxygen atoms in total. The zero-order valence-corrected chi connectivity index (χ0v) is 27.0. The molecular formula is C20H21Br4Na3O14S2. The molecule has 3 aromatic rings. The molecule has 228 valence electrons. The van der Waals surface area contributed by atoms with E-state index in [1.807, 2.05) is 0 Å². The normalized spacial score (nSPS) is 12.6. The quantitative estimate of drug-likeness (QED) is 0.0883. The Kier molecular flexibility index (Phi) is 21.6. The van der Waals surface area contributed by atoms with Gasteiger partial charge in [-0.1, -0.05) is 12.1 Å². The molecule has 43 heavy (non-hydrogen) atoms. The van der Waals surface area contributed by atoms with E-state index in [4.69, 9.17) is 4.74 Å². The van der Waals surface area contributed by atoms with Crippen LogP contribution in [-0.2, 0) is 30.6 Å². The van der Waals surface area contributed by atoms with Crippen molar-refractivity contribution in [3.63, 3.8) is 0 Å². The van der Waals surface area contributed by atoms with Crippen LogP contribution in [0.3, 0.4) is 0 Å². The number of esters is 1. The van der Waals surface area contributed by atoms with Crippen LogP contribution in [0.4, 0.5) is 0 Å². The van der Waals surface area contributed by atoms with Crippen LogP contribution in [0.2, 0.25) is 0 Å². The average Bonchev–Trinajstić information content (AvgIpc) is 3.09. The first kappa shape index (κ1) is 51.2. The van der Waals surface area contributed by atoms with E-state index in [-0.39, 0.29) is 142 Å². The van der Waals surface area contributed by atoms with Gasteiger partial charge in [-0.3, -0.25) is 9.11 Å². The molecule has 0 atom stereocenters. The molecule has 0 spiro atoms. The van der Waals surface area contributed by atoms with E-state index in [1.165, 1.54) is 12.1 Å². The topological polar surface area (TPSA) is 301 Å². The minimum absolute atomic E-state index is 0. The molecule has 23 heteroatoms. The Morgan fingerprint density at radius 1 is 0.628 bits per heavy atom. The first-order chi connectivity index (χ1) is 16.5. The number of carbonyl (C=O) groups is 1. The molecule has 0 aliphatic carbocycles. The van der Waals surface area contributed by atoms with Crippen molar-refractivity contribution in [1.82, 2.24) is 0 Å². The van der Waals surface area contributed by atoms with Crippen LogP contribution in [0.5, 0.6) is 11.5 Å². The predicted molar refractivity (Wildman–Crippen MR) is 174 cm³/mol. The van der Waals surface area contributed by atoms with Crippen LogP contribution in [0.15, 0.2) is 64.1 Å². The van der Waals surface area contributed by atoms with Crippen molar-refractivity contribution in [2.75, 3.05) is 0 Å². The number of cyclic esters (lactones) is 1. The van der Waals surface area contributed by atoms with Gasteiger partial charge in [0.15, 0.2) is 5.60 Å². The number of rotatable bonds is 4. The molecule has 0 unspecified atom stereocenters. The first-order valence-corrected chi connectivity index (χ1v) is 15.3. The summed E-state index contributed by atoms with van der Waals surface area (Å²) < 4.78 is 74.1. The van der Waals surface area contributed by atoms with Crippen LogP contribution in [0.25, 0.3) is 0 Å². The van der Waals surface area contributed by atoms with Gasteiger partial charge < -0.3 is 36.9 Å². The maximum absolute atomic E-state index is 13.2. The zero-order chi connectivity index (χ0) is 27.0. The summed E-state index contributed by atoms with van der Waals surface area (Å²) in [4.78, 5) is 11.4. The summed E-state index contributed by atoms with van der Waals surface area (Å²) in [6.07, 6.45) is 0. The molecule has 1 heterocycles. The fourth-order valence-corrected chi connectivity index (χ4v) is 7.62. The van der Waals surface area contributed by atoms with Crippen LogP contribution >= 0.6 is 63.7 Å². The monoisotopic (exact) mass is 934 g/mol. The van der Waals surface area contributed by atoms with E-state index in [9.17, 15) is 40.9 Å². The Hall–Kier alpha value is 1.31. The summed E-state index contributed by atoms with van der Waals surface area (Å²) >= 11 is 13.4. The number of carbonyl (C=O) groups excluding carboxylic acids is 1. The molecule has 4 rings (SSSR count). The number of aromatic hydroxyl groups is 2. The van der Waals surface area contributed by atoms with Gasteiger partial charge in [-0.15, -0.1) is 0 Å². The average molecular weight is 938 g/mol. The fraction of sp³-hybridized carbons (Fsp3) is 0.0500. The van der Waals surface area contributed by atoms with Gasteiger partial charge in [-0.2, -0.15) is 16.8 Å². The fourth-order valence-electron chi connectivity index (χ4n) is 3.85. The number of phenols is 2. The molecule has 0 aromatic heterocycles.